The third kappa shape index (κ3) is 4.42. The number of nitrogen functional groups attached to an aromatic ring is 1. The Balaban J connectivity index is 2.74. The van der Waals surface area contributed by atoms with E-state index >= 15 is 0 Å². The molecular formula is C13H20N4O3. The van der Waals surface area contributed by atoms with Crippen LogP contribution in [-0.4, -0.2) is 36.1 Å². The van der Waals surface area contributed by atoms with Gasteiger partial charge in [0.15, 0.2) is 0 Å². The standard InChI is InChI=1S/C13H20N4O3/c1-13(2,3)17-9(18)7-16-11-10(14)8(5-6-15-11)12(19)20-4/h5-6H,7,14H2,1-4H3,(H,15,16)(H,17,18). The Morgan fingerprint density at radius 2 is 2.05 bits per heavy atom. The number of nitrogens with one attached hydrogen (secondary N) is 2. The first-order valence-corrected chi connectivity index (χ1v) is 6.12. The topological polar surface area (TPSA) is 106 Å². The molecule has 0 aliphatic rings. The molecule has 0 saturated carbocycles. The fourth-order valence-electron chi connectivity index (χ4n) is 1.53. The van der Waals surface area contributed by atoms with E-state index in [1.807, 2.05) is 20.8 Å². The Morgan fingerprint density at radius 1 is 1.40 bits per heavy atom. The molecule has 0 radical (unpaired) electrons. The molecule has 1 rings (SSSR count). The zero-order valence-electron chi connectivity index (χ0n) is 12.1. The van der Waals surface area contributed by atoms with Gasteiger partial charge < -0.3 is 21.1 Å². The summed E-state index contributed by atoms with van der Waals surface area (Å²) in [6, 6.07) is 1.46. The number of hydrogen-bond donors (Lipinski definition) is 3. The maximum absolute atomic E-state index is 11.7. The Bertz CT molecular complexity index is 509. The van der Waals surface area contributed by atoms with Crippen LogP contribution in [0.3, 0.4) is 0 Å². The number of aromatic nitrogens is 1. The van der Waals surface area contributed by atoms with E-state index in [-0.39, 0.29) is 35.1 Å². The van der Waals surface area contributed by atoms with Crippen LogP contribution >= 0.6 is 0 Å². The molecule has 0 aliphatic heterocycles. The average Bonchev–Trinajstić information content (AvgIpc) is 2.34. The van der Waals surface area contributed by atoms with Gasteiger partial charge in [-0.05, 0) is 26.8 Å². The Hall–Kier alpha value is -2.31. The number of pyridine rings is 1. The highest BCUT2D eigenvalue weighted by Crippen LogP contribution is 2.20. The number of methoxy groups -OCH3 is 1. The molecule has 7 nitrogen and oxygen atoms in total. The molecule has 4 N–H and O–H groups in total. The van der Waals surface area contributed by atoms with Crippen molar-refractivity contribution in [2.24, 2.45) is 0 Å². The van der Waals surface area contributed by atoms with Gasteiger partial charge in [0.1, 0.15) is 5.82 Å². The minimum Gasteiger partial charge on any atom is -0.465 e. The van der Waals surface area contributed by atoms with Gasteiger partial charge in [0, 0.05) is 11.7 Å². The van der Waals surface area contributed by atoms with Gasteiger partial charge in [-0.3, -0.25) is 4.79 Å². The fraction of sp³-hybridized carbons (Fsp3) is 0.462. The second-order valence-corrected chi connectivity index (χ2v) is 5.26. The normalized spacial score (nSPS) is 10.8. The third-order valence-corrected chi connectivity index (χ3v) is 2.33. The molecule has 0 aromatic carbocycles. The predicted octanol–water partition coefficient (Wildman–Crippen LogP) is 0.777. The second-order valence-electron chi connectivity index (χ2n) is 5.26. The SMILES string of the molecule is COC(=O)c1ccnc(NCC(=O)NC(C)(C)C)c1N. The van der Waals surface area contributed by atoms with Gasteiger partial charge in [-0.15, -0.1) is 0 Å². The quantitative estimate of drug-likeness (QED) is 0.704. The van der Waals surface area contributed by atoms with Crippen molar-refractivity contribution in [2.45, 2.75) is 26.3 Å². The first kappa shape index (κ1) is 15.7. The largest absolute Gasteiger partial charge is 0.465 e. The molecule has 0 atom stereocenters. The Morgan fingerprint density at radius 3 is 2.60 bits per heavy atom. The monoisotopic (exact) mass is 280 g/mol. The molecule has 0 fully saturated rings. The number of anilines is 2. The van der Waals surface area contributed by atoms with Crippen LogP contribution in [-0.2, 0) is 9.53 Å². The predicted molar refractivity (Wildman–Crippen MR) is 76.4 cm³/mol. The molecule has 0 unspecified atom stereocenters. The third-order valence-electron chi connectivity index (χ3n) is 2.33. The lowest BCUT2D eigenvalue weighted by Gasteiger charge is -2.20. The second kappa shape index (κ2) is 6.23. The number of rotatable bonds is 4. The van der Waals surface area contributed by atoms with Gasteiger partial charge in [0.2, 0.25) is 5.91 Å². The fourth-order valence-corrected chi connectivity index (χ4v) is 1.53. The van der Waals surface area contributed by atoms with E-state index in [1.165, 1.54) is 19.4 Å². The summed E-state index contributed by atoms with van der Waals surface area (Å²) in [5, 5.41) is 5.59. The van der Waals surface area contributed by atoms with E-state index in [0.29, 0.717) is 0 Å². The lowest BCUT2D eigenvalue weighted by molar-refractivity contribution is -0.120. The van der Waals surface area contributed by atoms with Gasteiger partial charge in [0.25, 0.3) is 0 Å². The molecule has 1 aromatic rings. The van der Waals surface area contributed by atoms with Crippen LogP contribution in [0.4, 0.5) is 11.5 Å². The molecule has 0 spiro atoms. The van der Waals surface area contributed by atoms with Crippen molar-refractivity contribution in [1.82, 2.24) is 10.3 Å². The van der Waals surface area contributed by atoms with Crippen molar-refractivity contribution < 1.29 is 14.3 Å². The molecule has 0 saturated heterocycles. The minimum absolute atomic E-state index is 0.0130. The number of hydrogen-bond acceptors (Lipinski definition) is 6. The highest BCUT2D eigenvalue weighted by molar-refractivity contribution is 5.97. The summed E-state index contributed by atoms with van der Waals surface area (Å²) < 4.78 is 4.61. The van der Waals surface area contributed by atoms with E-state index in [9.17, 15) is 9.59 Å². The van der Waals surface area contributed by atoms with Crippen molar-refractivity contribution >= 4 is 23.4 Å². The molecule has 1 heterocycles. The molecule has 110 valence electrons. The summed E-state index contributed by atoms with van der Waals surface area (Å²) in [6.45, 7) is 5.67. The van der Waals surface area contributed by atoms with Crippen molar-refractivity contribution in [3.8, 4) is 0 Å². The summed E-state index contributed by atoms with van der Waals surface area (Å²) in [5.41, 5.74) is 5.87. The smallest absolute Gasteiger partial charge is 0.340 e. The van der Waals surface area contributed by atoms with Crippen LogP contribution in [0.15, 0.2) is 12.3 Å². The summed E-state index contributed by atoms with van der Waals surface area (Å²) in [5.74, 6) is -0.466. The summed E-state index contributed by atoms with van der Waals surface area (Å²) in [4.78, 5) is 27.2. The highest BCUT2D eigenvalue weighted by Gasteiger charge is 2.16. The van der Waals surface area contributed by atoms with Crippen molar-refractivity contribution in [3.63, 3.8) is 0 Å². The first-order chi connectivity index (χ1) is 9.24. The lowest BCUT2D eigenvalue weighted by Crippen LogP contribution is -2.43. The van der Waals surface area contributed by atoms with Crippen LogP contribution in [0, 0.1) is 0 Å². The Kier molecular flexibility index (Phi) is 4.90. The van der Waals surface area contributed by atoms with Crippen LogP contribution in [0.2, 0.25) is 0 Å². The molecule has 20 heavy (non-hydrogen) atoms. The molecule has 1 amide bonds. The van der Waals surface area contributed by atoms with E-state index in [2.05, 4.69) is 20.4 Å². The van der Waals surface area contributed by atoms with Crippen LogP contribution in [0.1, 0.15) is 31.1 Å². The maximum Gasteiger partial charge on any atom is 0.340 e. The van der Waals surface area contributed by atoms with Crippen molar-refractivity contribution in [2.75, 3.05) is 24.7 Å². The van der Waals surface area contributed by atoms with E-state index in [4.69, 9.17) is 5.73 Å². The van der Waals surface area contributed by atoms with Gasteiger partial charge in [-0.1, -0.05) is 0 Å². The van der Waals surface area contributed by atoms with E-state index in [0.717, 1.165) is 0 Å². The molecule has 0 bridgehead atoms. The molecular weight excluding hydrogens is 260 g/mol. The number of esters is 1. The van der Waals surface area contributed by atoms with Crippen molar-refractivity contribution in [3.05, 3.63) is 17.8 Å². The summed E-state index contributed by atoms with van der Waals surface area (Å²) in [7, 11) is 1.27. The zero-order valence-corrected chi connectivity index (χ0v) is 12.1. The van der Waals surface area contributed by atoms with E-state index < -0.39 is 5.97 Å². The van der Waals surface area contributed by atoms with Crippen LogP contribution in [0.25, 0.3) is 0 Å². The Labute approximate surface area is 117 Å². The molecule has 0 aliphatic carbocycles. The van der Waals surface area contributed by atoms with Gasteiger partial charge in [-0.25, -0.2) is 9.78 Å². The van der Waals surface area contributed by atoms with Crippen LogP contribution in [0.5, 0.6) is 0 Å². The number of ether oxygens (including phenoxy) is 1. The number of amides is 1. The van der Waals surface area contributed by atoms with Gasteiger partial charge >= 0.3 is 5.97 Å². The van der Waals surface area contributed by atoms with E-state index in [1.54, 1.807) is 0 Å². The maximum atomic E-state index is 11.7. The van der Waals surface area contributed by atoms with Crippen LogP contribution < -0.4 is 16.4 Å². The number of carbonyl (C=O) groups excluding carboxylic acids is 2. The van der Waals surface area contributed by atoms with Gasteiger partial charge in [-0.2, -0.15) is 0 Å². The first-order valence-electron chi connectivity index (χ1n) is 6.12. The number of nitrogens with two attached hydrogens (primary N) is 1. The number of nitrogens with zero attached hydrogens (tertiary/aromatic N) is 1. The molecule has 7 heteroatoms. The lowest BCUT2D eigenvalue weighted by atomic mass is 10.1. The number of carbonyl (C=O) groups is 2. The highest BCUT2D eigenvalue weighted by atomic mass is 16.5. The van der Waals surface area contributed by atoms with Gasteiger partial charge in [0.05, 0.1) is 24.9 Å². The summed E-state index contributed by atoms with van der Waals surface area (Å²) in [6.07, 6.45) is 1.42. The molecule has 1 aromatic heterocycles. The van der Waals surface area contributed by atoms with Crippen molar-refractivity contribution in [1.29, 1.82) is 0 Å². The average molecular weight is 280 g/mol. The summed E-state index contributed by atoms with van der Waals surface area (Å²) >= 11 is 0. The zero-order chi connectivity index (χ0) is 15.3. The minimum atomic E-state index is -0.549.